The Bertz CT molecular complexity index is 952. The van der Waals surface area contributed by atoms with Crippen molar-refractivity contribution in [3.8, 4) is 16.9 Å². The van der Waals surface area contributed by atoms with E-state index in [1.807, 2.05) is 48.5 Å². The minimum Gasteiger partial charge on any atom is -0.481 e. The lowest BCUT2D eigenvalue weighted by atomic mass is 10.1. The Labute approximate surface area is 162 Å². The van der Waals surface area contributed by atoms with Crippen LogP contribution in [-0.2, 0) is 9.53 Å². The van der Waals surface area contributed by atoms with Crippen LogP contribution >= 0.6 is 0 Å². The van der Waals surface area contributed by atoms with Crippen LogP contribution in [0.4, 0.5) is 4.39 Å². The van der Waals surface area contributed by atoms with Gasteiger partial charge in [-0.05, 0) is 42.8 Å². The van der Waals surface area contributed by atoms with Gasteiger partial charge in [0.25, 0.3) is 0 Å². The van der Waals surface area contributed by atoms with Gasteiger partial charge >= 0.3 is 5.97 Å². The van der Waals surface area contributed by atoms with Crippen molar-refractivity contribution >= 4 is 11.8 Å². The molecular weight excluding hydrogens is 359 g/mol. The molecule has 0 spiro atoms. The maximum absolute atomic E-state index is 13.0. The summed E-state index contributed by atoms with van der Waals surface area (Å²) < 4.78 is 23.7. The summed E-state index contributed by atoms with van der Waals surface area (Å²) >= 11 is 0. The predicted molar refractivity (Wildman–Crippen MR) is 104 cm³/mol. The number of Topliss-reactive ketones (excluding diaryl/α,β-unsaturated/α-hetero) is 1. The first-order valence-electron chi connectivity index (χ1n) is 8.81. The van der Waals surface area contributed by atoms with Crippen LogP contribution in [0.3, 0.4) is 0 Å². The number of carbonyl (C=O) groups excluding carboxylic acids is 2. The summed E-state index contributed by atoms with van der Waals surface area (Å²) in [5.74, 6) is -0.960. The molecule has 0 aliphatic rings. The summed E-state index contributed by atoms with van der Waals surface area (Å²) in [5.41, 5.74) is 2.09. The van der Waals surface area contributed by atoms with Crippen molar-refractivity contribution in [1.29, 1.82) is 0 Å². The number of esters is 1. The number of benzene rings is 3. The summed E-state index contributed by atoms with van der Waals surface area (Å²) in [6.45, 7) is 1.15. The van der Waals surface area contributed by atoms with Gasteiger partial charge in [-0.2, -0.15) is 0 Å². The predicted octanol–water partition coefficient (Wildman–Crippen LogP) is 4.69. The molecule has 0 amide bonds. The fraction of sp³-hybridized carbons (Fsp3) is 0.130. The maximum atomic E-state index is 13.0. The maximum Gasteiger partial charge on any atom is 0.344 e. The summed E-state index contributed by atoms with van der Waals surface area (Å²) in [6.07, 6.45) is -0.995. The third-order valence-corrected chi connectivity index (χ3v) is 4.12. The fourth-order valence-corrected chi connectivity index (χ4v) is 2.72. The van der Waals surface area contributed by atoms with E-state index in [4.69, 9.17) is 9.47 Å². The zero-order valence-corrected chi connectivity index (χ0v) is 15.3. The van der Waals surface area contributed by atoms with Gasteiger partial charge in [-0.15, -0.1) is 0 Å². The second-order valence-corrected chi connectivity index (χ2v) is 6.15. The molecule has 28 heavy (non-hydrogen) atoms. The number of ketones is 1. The summed E-state index contributed by atoms with van der Waals surface area (Å²) in [6, 6.07) is 22.1. The molecule has 0 heterocycles. The fourth-order valence-electron chi connectivity index (χ4n) is 2.72. The highest BCUT2D eigenvalue weighted by Crippen LogP contribution is 2.29. The smallest absolute Gasteiger partial charge is 0.344 e. The Morgan fingerprint density at radius 1 is 0.893 bits per heavy atom. The molecule has 3 aromatic carbocycles. The molecule has 142 valence electrons. The Morgan fingerprint density at radius 2 is 1.54 bits per heavy atom. The van der Waals surface area contributed by atoms with Gasteiger partial charge in [-0.1, -0.05) is 48.5 Å². The van der Waals surface area contributed by atoms with E-state index >= 15 is 0 Å². The Kier molecular flexibility index (Phi) is 6.17. The molecule has 0 N–H and O–H groups in total. The molecule has 0 fully saturated rings. The van der Waals surface area contributed by atoms with Gasteiger partial charge in [0.2, 0.25) is 5.78 Å². The molecule has 0 unspecified atom stereocenters. The third kappa shape index (κ3) is 4.82. The van der Waals surface area contributed by atoms with E-state index in [2.05, 4.69) is 0 Å². The average molecular weight is 378 g/mol. The number of hydrogen-bond donors (Lipinski definition) is 0. The van der Waals surface area contributed by atoms with E-state index in [1.54, 1.807) is 6.07 Å². The lowest BCUT2D eigenvalue weighted by molar-refractivity contribution is -0.148. The van der Waals surface area contributed by atoms with Crippen LogP contribution in [0.5, 0.6) is 5.75 Å². The summed E-state index contributed by atoms with van der Waals surface area (Å²) in [4.78, 5) is 24.4. The molecule has 0 bridgehead atoms. The highest BCUT2D eigenvalue weighted by Gasteiger charge is 2.20. The van der Waals surface area contributed by atoms with Crippen molar-refractivity contribution in [2.45, 2.75) is 13.0 Å². The molecule has 3 rings (SSSR count). The van der Waals surface area contributed by atoms with Gasteiger partial charge in [0.1, 0.15) is 11.6 Å². The molecule has 0 saturated carbocycles. The monoisotopic (exact) mass is 378 g/mol. The van der Waals surface area contributed by atoms with Gasteiger partial charge in [0.05, 0.1) is 0 Å². The first-order valence-corrected chi connectivity index (χ1v) is 8.81. The van der Waals surface area contributed by atoms with Crippen LogP contribution in [0.1, 0.15) is 17.3 Å². The number of rotatable bonds is 7. The van der Waals surface area contributed by atoms with Gasteiger partial charge in [0.15, 0.2) is 12.7 Å². The van der Waals surface area contributed by atoms with Crippen LogP contribution in [0.15, 0.2) is 78.9 Å². The van der Waals surface area contributed by atoms with Crippen molar-refractivity contribution in [2.24, 2.45) is 0 Å². The second-order valence-electron chi connectivity index (χ2n) is 6.15. The van der Waals surface area contributed by atoms with E-state index < -0.39 is 23.7 Å². The first-order chi connectivity index (χ1) is 13.5. The van der Waals surface area contributed by atoms with Crippen molar-refractivity contribution < 1.29 is 23.5 Å². The van der Waals surface area contributed by atoms with Crippen LogP contribution in [-0.4, -0.2) is 24.5 Å². The lowest BCUT2D eigenvalue weighted by Crippen LogP contribution is -2.27. The topological polar surface area (TPSA) is 52.6 Å². The minimum absolute atomic E-state index is 0.275. The Hall–Kier alpha value is -3.47. The first kappa shape index (κ1) is 19.3. The molecular formula is C23H19FO4. The molecule has 3 aromatic rings. The molecule has 0 aliphatic heterocycles. The van der Waals surface area contributed by atoms with E-state index in [1.165, 1.54) is 31.2 Å². The highest BCUT2D eigenvalue weighted by atomic mass is 19.1. The number of halogens is 1. The molecule has 1 atom stereocenters. The Morgan fingerprint density at radius 3 is 2.25 bits per heavy atom. The van der Waals surface area contributed by atoms with Gasteiger partial charge in [-0.3, -0.25) is 4.79 Å². The number of carbonyl (C=O) groups is 2. The van der Waals surface area contributed by atoms with Crippen LogP contribution in [0.2, 0.25) is 0 Å². The van der Waals surface area contributed by atoms with Crippen molar-refractivity contribution in [3.63, 3.8) is 0 Å². The standard InChI is InChI=1S/C23H19FO4/c1-16(23(26)18-11-13-19(24)14-12-18)28-22(25)15-27-21-10-6-5-9-20(21)17-7-3-2-4-8-17/h2-14,16H,15H2,1H3/t16-/m1/s1. The van der Waals surface area contributed by atoms with Crippen molar-refractivity contribution in [2.75, 3.05) is 6.61 Å². The molecule has 0 radical (unpaired) electrons. The van der Waals surface area contributed by atoms with E-state index in [0.717, 1.165) is 11.1 Å². The molecule has 4 nitrogen and oxygen atoms in total. The van der Waals surface area contributed by atoms with E-state index in [-0.39, 0.29) is 12.2 Å². The van der Waals surface area contributed by atoms with Gasteiger partial charge in [-0.25, -0.2) is 9.18 Å². The number of ether oxygens (including phenoxy) is 2. The molecule has 0 aliphatic carbocycles. The second kappa shape index (κ2) is 8.95. The largest absolute Gasteiger partial charge is 0.481 e. The van der Waals surface area contributed by atoms with Gasteiger partial charge in [0, 0.05) is 11.1 Å². The minimum atomic E-state index is -0.995. The molecule has 0 aromatic heterocycles. The van der Waals surface area contributed by atoms with E-state index in [0.29, 0.717) is 5.75 Å². The van der Waals surface area contributed by atoms with Crippen molar-refractivity contribution in [1.82, 2.24) is 0 Å². The number of para-hydroxylation sites is 1. The van der Waals surface area contributed by atoms with Crippen LogP contribution in [0, 0.1) is 5.82 Å². The van der Waals surface area contributed by atoms with E-state index in [9.17, 15) is 14.0 Å². The lowest BCUT2D eigenvalue weighted by Gasteiger charge is -2.14. The quantitative estimate of drug-likeness (QED) is 0.442. The zero-order valence-electron chi connectivity index (χ0n) is 15.3. The van der Waals surface area contributed by atoms with Crippen LogP contribution in [0.25, 0.3) is 11.1 Å². The third-order valence-electron chi connectivity index (χ3n) is 4.12. The normalized spacial score (nSPS) is 11.5. The number of hydrogen-bond acceptors (Lipinski definition) is 4. The van der Waals surface area contributed by atoms with Gasteiger partial charge < -0.3 is 9.47 Å². The average Bonchev–Trinajstić information content (AvgIpc) is 2.73. The zero-order chi connectivity index (χ0) is 19.9. The Balaban J connectivity index is 1.60. The summed E-state index contributed by atoms with van der Waals surface area (Å²) in [5, 5.41) is 0. The van der Waals surface area contributed by atoms with Crippen LogP contribution < -0.4 is 4.74 Å². The molecule has 5 heteroatoms. The molecule has 0 saturated heterocycles. The van der Waals surface area contributed by atoms with Crippen molar-refractivity contribution in [3.05, 3.63) is 90.2 Å². The SMILES string of the molecule is C[C@@H](OC(=O)COc1ccccc1-c1ccccc1)C(=O)c1ccc(F)cc1. The highest BCUT2D eigenvalue weighted by molar-refractivity contribution is 6.00. The summed E-state index contributed by atoms with van der Waals surface area (Å²) in [7, 11) is 0.